The van der Waals surface area contributed by atoms with Crippen molar-refractivity contribution < 1.29 is 4.79 Å². The molecule has 2 aromatic carbocycles. The van der Waals surface area contributed by atoms with Gasteiger partial charge in [-0.1, -0.05) is 42.5 Å². The molecule has 1 aromatic heterocycles. The summed E-state index contributed by atoms with van der Waals surface area (Å²) in [5.41, 5.74) is 3.37. The Kier molecular flexibility index (Phi) is 6.18. The highest BCUT2D eigenvalue weighted by molar-refractivity contribution is 5.79. The summed E-state index contributed by atoms with van der Waals surface area (Å²) >= 11 is 0. The highest BCUT2D eigenvalue weighted by atomic mass is 16.2. The normalized spacial score (nSPS) is 18.6. The number of para-hydroxylation sites is 2. The largest absolute Gasteiger partial charge is 0.349 e. The van der Waals surface area contributed by atoms with Crippen LogP contribution in [0.25, 0.3) is 11.0 Å². The topological polar surface area (TPSA) is 50.2 Å². The van der Waals surface area contributed by atoms with E-state index < -0.39 is 0 Å². The van der Waals surface area contributed by atoms with E-state index in [0.29, 0.717) is 6.04 Å². The van der Waals surface area contributed by atoms with Gasteiger partial charge in [-0.25, -0.2) is 4.98 Å². The van der Waals surface area contributed by atoms with E-state index in [1.165, 1.54) is 5.52 Å². The van der Waals surface area contributed by atoms with Gasteiger partial charge < -0.3 is 9.88 Å². The lowest BCUT2D eigenvalue weighted by atomic mass is 9.96. The molecule has 30 heavy (non-hydrogen) atoms. The SMILES string of the molecule is CC(C)n1c(CN2CCC[C@H](C(=O)N[C@H](C)c3ccccc3)C2)nc2ccccc21. The molecule has 1 saturated heterocycles. The highest BCUT2D eigenvalue weighted by Crippen LogP contribution is 2.25. The summed E-state index contributed by atoms with van der Waals surface area (Å²) in [4.78, 5) is 20.2. The maximum absolute atomic E-state index is 12.9. The van der Waals surface area contributed by atoms with E-state index in [1.807, 2.05) is 24.3 Å². The van der Waals surface area contributed by atoms with Crippen LogP contribution in [-0.2, 0) is 11.3 Å². The van der Waals surface area contributed by atoms with Crippen LogP contribution in [0.3, 0.4) is 0 Å². The number of rotatable bonds is 6. The number of imidazole rings is 1. The number of nitrogens with one attached hydrogen (secondary N) is 1. The van der Waals surface area contributed by atoms with Crippen molar-refractivity contribution in [3.05, 3.63) is 66.0 Å². The average molecular weight is 405 g/mol. The summed E-state index contributed by atoms with van der Waals surface area (Å²) in [5.74, 6) is 1.28. The van der Waals surface area contributed by atoms with E-state index in [0.717, 1.165) is 49.4 Å². The summed E-state index contributed by atoms with van der Waals surface area (Å²) in [6, 6.07) is 18.9. The van der Waals surface area contributed by atoms with Gasteiger partial charge in [0.1, 0.15) is 5.82 Å². The van der Waals surface area contributed by atoms with Gasteiger partial charge in [0.05, 0.1) is 29.5 Å². The summed E-state index contributed by atoms with van der Waals surface area (Å²) in [7, 11) is 0. The molecular formula is C25H32N4O. The van der Waals surface area contributed by atoms with Crippen LogP contribution in [0.1, 0.15) is 57.1 Å². The number of carbonyl (C=O) groups excluding carboxylic acids is 1. The standard InChI is InChI=1S/C25H32N4O/c1-18(2)29-23-14-8-7-13-22(23)27-24(29)17-28-15-9-12-21(16-28)25(30)26-19(3)20-10-5-4-6-11-20/h4-8,10-11,13-14,18-19,21H,9,12,15-17H2,1-3H3,(H,26,30)/t19-,21+/m1/s1. The fourth-order valence-corrected chi connectivity index (χ4v) is 4.55. The average Bonchev–Trinajstić information content (AvgIpc) is 3.12. The zero-order valence-corrected chi connectivity index (χ0v) is 18.2. The predicted octanol–water partition coefficient (Wildman–Crippen LogP) is 4.71. The molecule has 1 aliphatic heterocycles. The van der Waals surface area contributed by atoms with Crippen molar-refractivity contribution in [1.29, 1.82) is 0 Å². The second-order valence-electron chi connectivity index (χ2n) is 8.70. The lowest BCUT2D eigenvalue weighted by molar-refractivity contribution is -0.127. The molecule has 0 spiro atoms. The molecule has 0 aliphatic carbocycles. The number of aromatic nitrogens is 2. The van der Waals surface area contributed by atoms with Gasteiger partial charge in [-0.3, -0.25) is 9.69 Å². The third-order valence-corrected chi connectivity index (χ3v) is 6.08. The number of carbonyl (C=O) groups is 1. The van der Waals surface area contributed by atoms with Gasteiger partial charge in [-0.15, -0.1) is 0 Å². The van der Waals surface area contributed by atoms with Crippen LogP contribution in [0.5, 0.6) is 0 Å². The van der Waals surface area contributed by atoms with Crippen molar-refractivity contribution in [2.24, 2.45) is 5.92 Å². The molecular weight excluding hydrogens is 372 g/mol. The molecule has 1 amide bonds. The van der Waals surface area contributed by atoms with Crippen molar-refractivity contribution in [1.82, 2.24) is 19.8 Å². The molecule has 5 nitrogen and oxygen atoms in total. The quantitative estimate of drug-likeness (QED) is 0.647. The van der Waals surface area contributed by atoms with Gasteiger partial charge in [-0.05, 0) is 57.9 Å². The predicted molar refractivity (Wildman–Crippen MR) is 121 cm³/mol. The molecule has 0 unspecified atom stereocenters. The molecule has 5 heteroatoms. The molecule has 2 heterocycles. The number of amides is 1. The number of fused-ring (bicyclic) bond motifs is 1. The molecule has 1 fully saturated rings. The first-order valence-electron chi connectivity index (χ1n) is 11.1. The first kappa shape index (κ1) is 20.6. The van der Waals surface area contributed by atoms with Crippen molar-refractivity contribution in [3.63, 3.8) is 0 Å². The number of nitrogens with zero attached hydrogens (tertiary/aromatic N) is 3. The third-order valence-electron chi connectivity index (χ3n) is 6.08. The van der Waals surface area contributed by atoms with Crippen molar-refractivity contribution >= 4 is 16.9 Å². The van der Waals surface area contributed by atoms with Crippen LogP contribution in [0.4, 0.5) is 0 Å². The summed E-state index contributed by atoms with van der Waals surface area (Å²) in [5, 5.41) is 3.21. The Morgan fingerprint density at radius 3 is 2.60 bits per heavy atom. The first-order chi connectivity index (χ1) is 14.5. The zero-order chi connectivity index (χ0) is 21.1. The third kappa shape index (κ3) is 4.41. The molecule has 0 bridgehead atoms. The maximum atomic E-state index is 12.9. The Morgan fingerprint density at radius 1 is 1.10 bits per heavy atom. The summed E-state index contributed by atoms with van der Waals surface area (Å²) < 4.78 is 2.33. The van der Waals surface area contributed by atoms with E-state index >= 15 is 0 Å². The number of hydrogen-bond donors (Lipinski definition) is 1. The van der Waals surface area contributed by atoms with Crippen LogP contribution >= 0.6 is 0 Å². The minimum Gasteiger partial charge on any atom is -0.349 e. The van der Waals surface area contributed by atoms with Gasteiger partial charge in [-0.2, -0.15) is 0 Å². The Labute approximate surface area is 179 Å². The second-order valence-corrected chi connectivity index (χ2v) is 8.70. The van der Waals surface area contributed by atoms with Crippen LogP contribution in [0.15, 0.2) is 54.6 Å². The Balaban J connectivity index is 1.44. The van der Waals surface area contributed by atoms with Gasteiger partial charge in [0, 0.05) is 12.6 Å². The monoisotopic (exact) mass is 404 g/mol. The molecule has 3 aromatic rings. The first-order valence-corrected chi connectivity index (χ1v) is 11.1. The van der Waals surface area contributed by atoms with Crippen LogP contribution in [0.2, 0.25) is 0 Å². The zero-order valence-electron chi connectivity index (χ0n) is 18.2. The molecule has 1 N–H and O–H groups in total. The number of piperidine rings is 1. The molecule has 0 saturated carbocycles. The lowest BCUT2D eigenvalue weighted by Gasteiger charge is -2.32. The second kappa shape index (κ2) is 9.00. The Bertz CT molecular complexity index is 995. The van der Waals surface area contributed by atoms with E-state index in [4.69, 9.17) is 4.98 Å². The minimum absolute atomic E-state index is 0.0271. The number of benzene rings is 2. The Morgan fingerprint density at radius 2 is 1.83 bits per heavy atom. The molecule has 0 radical (unpaired) electrons. The molecule has 2 atom stereocenters. The smallest absolute Gasteiger partial charge is 0.224 e. The molecule has 1 aliphatic rings. The fourth-order valence-electron chi connectivity index (χ4n) is 4.55. The van der Waals surface area contributed by atoms with Crippen LogP contribution in [-0.4, -0.2) is 33.4 Å². The number of likely N-dealkylation sites (tertiary alicyclic amines) is 1. The Hall–Kier alpha value is -2.66. The fraction of sp³-hybridized carbons (Fsp3) is 0.440. The van der Waals surface area contributed by atoms with Crippen molar-refractivity contribution in [2.45, 2.75) is 52.2 Å². The highest BCUT2D eigenvalue weighted by Gasteiger charge is 2.28. The maximum Gasteiger partial charge on any atom is 0.224 e. The van der Waals surface area contributed by atoms with Gasteiger partial charge >= 0.3 is 0 Å². The van der Waals surface area contributed by atoms with E-state index in [-0.39, 0.29) is 17.9 Å². The summed E-state index contributed by atoms with van der Waals surface area (Å²) in [6.45, 7) is 9.04. The van der Waals surface area contributed by atoms with Gasteiger partial charge in [0.25, 0.3) is 0 Å². The van der Waals surface area contributed by atoms with Crippen molar-refractivity contribution in [3.8, 4) is 0 Å². The lowest BCUT2D eigenvalue weighted by Crippen LogP contribution is -2.43. The van der Waals surface area contributed by atoms with Gasteiger partial charge in [0.15, 0.2) is 0 Å². The van der Waals surface area contributed by atoms with E-state index in [1.54, 1.807) is 0 Å². The van der Waals surface area contributed by atoms with Crippen molar-refractivity contribution in [2.75, 3.05) is 13.1 Å². The minimum atomic E-state index is 0.0271. The summed E-state index contributed by atoms with van der Waals surface area (Å²) in [6.07, 6.45) is 1.99. The van der Waals surface area contributed by atoms with E-state index in [2.05, 4.69) is 65.9 Å². The number of hydrogen-bond acceptors (Lipinski definition) is 3. The van der Waals surface area contributed by atoms with Crippen LogP contribution in [0, 0.1) is 5.92 Å². The van der Waals surface area contributed by atoms with E-state index in [9.17, 15) is 4.79 Å². The molecule has 158 valence electrons. The molecule has 4 rings (SSSR count). The van der Waals surface area contributed by atoms with Gasteiger partial charge in [0.2, 0.25) is 5.91 Å². The van der Waals surface area contributed by atoms with Crippen LogP contribution < -0.4 is 5.32 Å².